The molecule has 0 saturated carbocycles. The van der Waals surface area contributed by atoms with Crippen molar-refractivity contribution in [3.05, 3.63) is 30.3 Å². The molecule has 0 N–H and O–H groups in total. The number of nitrogens with zero attached hydrogens (tertiary/aromatic N) is 1. The van der Waals surface area contributed by atoms with Gasteiger partial charge in [-0.15, -0.1) is 0 Å². The minimum atomic E-state index is -0.0161. The van der Waals surface area contributed by atoms with Crippen LogP contribution in [0.5, 0.6) is 0 Å². The summed E-state index contributed by atoms with van der Waals surface area (Å²) >= 11 is 0.402. The Morgan fingerprint density at radius 2 is 2.06 bits per heavy atom. The monoisotopic (exact) mass is 313 g/mol. The molecule has 3 nitrogen and oxygen atoms in total. The van der Waals surface area contributed by atoms with Crippen LogP contribution in [0.2, 0.25) is 5.32 Å². The Morgan fingerprint density at radius 1 is 1.33 bits per heavy atom. The van der Waals surface area contributed by atoms with Crippen molar-refractivity contribution in [2.75, 3.05) is 20.6 Å². The third-order valence-corrected chi connectivity index (χ3v) is 5.33. The van der Waals surface area contributed by atoms with Crippen LogP contribution < -0.4 is 4.46 Å². The van der Waals surface area contributed by atoms with Gasteiger partial charge in [-0.25, -0.2) is 0 Å². The average Bonchev–Trinajstić information content (AvgIpc) is 2.68. The van der Waals surface area contributed by atoms with Crippen LogP contribution in [0, 0.1) is 5.92 Å². The van der Waals surface area contributed by atoms with E-state index < -0.39 is 0 Å². The van der Waals surface area contributed by atoms with E-state index in [1.165, 1.54) is 4.46 Å². The number of carbonyl (C=O) groups excluding carboxylic acids is 1. The van der Waals surface area contributed by atoms with E-state index in [2.05, 4.69) is 29.2 Å². The molecule has 2 unspecified atom stereocenters. The van der Waals surface area contributed by atoms with E-state index in [1.807, 2.05) is 20.2 Å². The van der Waals surface area contributed by atoms with Crippen LogP contribution in [-0.2, 0) is 9.53 Å². The summed E-state index contributed by atoms with van der Waals surface area (Å²) in [4.78, 5) is 13.7. The van der Waals surface area contributed by atoms with Crippen LogP contribution in [0.4, 0.5) is 0 Å². The van der Waals surface area contributed by atoms with Gasteiger partial charge in [-0.2, -0.15) is 0 Å². The Hall–Kier alpha value is -0.831. The Bertz CT molecular complexity index is 394. The van der Waals surface area contributed by atoms with E-state index in [0.29, 0.717) is 15.0 Å². The van der Waals surface area contributed by atoms with Gasteiger partial charge in [0, 0.05) is 0 Å². The van der Waals surface area contributed by atoms with E-state index in [-0.39, 0.29) is 18.0 Å². The van der Waals surface area contributed by atoms with Crippen molar-refractivity contribution in [2.45, 2.75) is 17.8 Å². The van der Waals surface area contributed by atoms with Gasteiger partial charge >= 0.3 is 115 Å². The van der Waals surface area contributed by atoms with Crippen LogP contribution >= 0.6 is 0 Å². The van der Waals surface area contributed by atoms with Crippen LogP contribution in [0.1, 0.15) is 6.42 Å². The van der Waals surface area contributed by atoms with Crippen LogP contribution in [0.15, 0.2) is 30.3 Å². The van der Waals surface area contributed by atoms with Crippen LogP contribution in [0.3, 0.4) is 0 Å². The number of rotatable bonds is 5. The molecule has 2 atom stereocenters. The first-order valence-electron chi connectivity index (χ1n) is 6.18. The Balaban J connectivity index is 1.80. The van der Waals surface area contributed by atoms with Crippen molar-refractivity contribution in [3.63, 3.8) is 0 Å². The Kier molecular flexibility index (Phi) is 4.81. The van der Waals surface area contributed by atoms with Crippen molar-refractivity contribution >= 4 is 25.4 Å². The fourth-order valence-corrected chi connectivity index (χ4v) is 4.08. The van der Waals surface area contributed by atoms with Gasteiger partial charge in [0.25, 0.3) is 0 Å². The van der Waals surface area contributed by atoms with Crippen molar-refractivity contribution in [2.24, 2.45) is 5.92 Å². The normalized spacial score (nSPS) is 23.4. The summed E-state index contributed by atoms with van der Waals surface area (Å²) in [6, 6.07) is 10.4. The second-order valence-electron chi connectivity index (χ2n) is 4.88. The second kappa shape index (κ2) is 6.37. The first kappa shape index (κ1) is 13.6. The molecule has 18 heavy (non-hydrogen) atoms. The van der Waals surface area contributed by atoms with Gasteiger partial charge < -0.3 is 0 Å². The SMILES string of the molecule is CN(C)CC1CC(C[Se]c2ccccc2)OC1=O. The Labute approximate surface area is 115 Å². The molecule has 0 bridgehead atoms. The van der Waals surface area contributed by atoms with Crippen molar-refractivity contribution < 1.29 is 9.53 Å². The maximum atomic E-state index is 11.7. The van der Waals surface area contributed by atoms with Gasteiger partial charge in [-0.05, 0) is 0 Å². The number of benzene rings is 1. The van der Waals surface area contributed by atoms with Gasteiger partial charge in [-0.3, -0.25) is 0 Å². The average molecular weight is 312 g/mol. The van der Waals surface area contributed by atoms with E-state index >= 15 is 0 Å². The van der Waals surface area contributed by atoms with E-state index in [1.54, 1.807) is 0 Å². The molecule has 1 aliphatic heterocycles. The van der Waals surface area contributed by atoms with Crippen molar-refractivity contribution in [1.29, 1.82) is 0 Å². The number of carbonyl (C=O) groups is 1. The molecule has 1 fully saturated rings. The summed E-state index contributed by atoms with van der Waals surface area (Å²) in [6.45, 7) is 0.799. The zero-order chi connectivity index (χ0) is 13.0. The first-order chi connectivity index (χ1) is 8.65. The molecule has 0 amide bonds. The molecule has 1 aromatic rings. The number of esters is 1. The first-order valence-corrected chi connectivity index (χ1v) is 8.25. The van der Waals surface area contributed by atoms with E-state index in [4.69, 9.17) is 4.74 Å². The maximum absolute atomic E-state index is 11.7. The molecular formula is C14H19NO2Se. The third-order valence-electron chi connectivity index (χ3n) is 2.93. The zero-order valence-corrected chi connectivity index (χ0v) is 12.5. The fourth-order valence-electron chi connectivity index (χ4n) is 2.12. The third kappa shape index (κ3) is 3.84. The molecule has 2 rings (SSSR count). The predicted octanol–water partition coefficient (Wildman–Crippen LogP) is 0.928. The van der Waals surface area contributed by atoms with Crippen LogP contribution in [0.25, 0.3) is 0 Å². The van der Waals surface area contributed by atoms with Crippen molar-refractivity contribution in [1.82, 2.24) is 4.90 Å². The molecule has 0 spiro atoms. The summed E-state index contributed by atoms with van der Waals surface area (Å²) in [5, 5.41) is 0.993. The number of hydrogen-bond donors (Lipinski definition) is 0. The van der Waals surface area contributed by atoms with Crippen molar-refractivity contribution in [3.8, 4) is 0 Å². The molecule has 1 heterocycles. The molecule has 1 saturated heterocycles. The predicted molar refractivity (Wildman–Crippen MR) is 73.2 cm³/mol. The topological polar surface area (TPSA) is 29.5 Å². The molecule has 0 radical (unpaired) electrons. The molecule has 1 aliphatic rings. The van der Waals surface area contributed by atoms with Gasteiger partial charge in [0.1, 0.15) is 0 Å². The molecule has 0 aromatic heterocycles. The van der Waals surface area contributed by atoms with Gasteiger partial charge in [0.05, 0.1) is 0 Å². The summed E-state index contributed by atoms with van der Waals surface area (Å²) in [6.07, 6.45) is 1.01. The van der Waals surface area contributed by atoms with Gasteiger partial charge in [0.2, 0.25) is 0 Å². The molecule has 1 aromatic carbocycles. The van der Waals surface area contributed by atoms with Gasteiger partial charge in [0.15, 0.2) is 0 Å². The Morgan fingerprint density at radius 3 is 2.72 bits per heavy atom. The molecule has 0 aliphatic carbocycles. The summed E-state index contributed by atoms with van der Waals surface area (Å²) in [5.41, 5.74) is 0. The minimum absolute atomic E-state index is 0.0161. The number of cyclic esters (lactones) is 1. The van der Waals surface area contributed by atoms with E-state index in [0.717, 1.165) is 18.3 Å². The summed E-state index contributed by atoms with van der Waals surface area (Å²) < 4.78 is 6.82. The molecular weight excluding hydrogens is 293 g/mol. The fraction of sp³-hybridized carbons (Fsp3) is 0.500. The number of hydrogen-bond acceptors (Lipinski definition) is 3. The molecule has 4 heteroatoms. The summed E-state index contributed by atoms with van der Waals surface area (Å²) in [5.74, 6) is 0.0501. The van der Waals surface area contributed by atoms with Gasteiger partial charge in [-0.1, -0.05) is 0 Å². The molecule has 98 valence electrons. The quantitative estimate of drug-likeness (QED) is 0.598. The zero-order valence-electron chi connectivity index (χ0n) is 10.8. The standard InChI is InChI=1S/C14H19NO2Se/c1-15(2)9-11-8-12(17-14(11)16)10-18-13-6-4-3-5-7-13/h3-7,11-12H,8-10H2,1-2H3. The second-order valence-corrected chi connectivity index (χ2v) is 7.17. The summed E-state index contributed by atoms with van der Waals surface area (Å²) in [7, 11) is 3.99. The number of ether oxygens (including phenoxy) is 1. The van der Waals surface area contributed by atoms with Crippen LogP contribution in [-0.4, -0.2) is 52.6 Å². The van der Waals surface area contributed by atoms with E-state index in [9.17, 15) is 4.79 Å².